The molecular weight excluding hydrogens is 317 g/mol. The number of carboxylic acid groups (broad SMARTS) is 1. The summed E-state index contributed by atoms with van der Waals surface area (Å²) in [6.07, 6.45) is 0. The second-order valence-corrected chi connectivity index (χ2v) is 4.85. The van der Waals surface area contributed by atoms with Crippen LogP contribution in [0.2, 0.25) is 4.34 Å². The number of amides is 1. The third kappa shape index (κ3) is 4.34. The first kappa shape index (κ1) is 15.7. The molecule has 1 heterocycles. The zero-order chi connectivity index (χ0) is 14.4. The van der Waals surface area contributed by atoms with Crippen LogP contribution in [0.4, 0.5) is 5.13 Å². The van der Waals surface area contributed by atoms with Gasteiger partial charge in [-0.25, -0.2) is 9.78 Å². The summed E-state index contributed by atoms with van der Waals surface area (Å²) in [6, 6.07) is 0. The molecule has 1 aromatic heterocycles. The summed E-state index contributed by atoms with van der Waals surface area (Å²) < 4.78 is 0.0747. The summed E-state index contributed by atoms with van der Waals surface area (Å²) in [6.45, 7) is 1.85. The van der Waals surface area contributed by atoms with Crippen molar-refractivity contribution < 1.29 is 19.5 Å². The van der Waals surface area contributed by atoms with Crippen LogP contribution in [0.25, 0.3) is 0 Å². The molecule has 1 rings (SSSR count). The van der Waals surface area contributed by atoms with Crippen molar-refractivity contribution in [2.75, 3.05) is 17.8 Å². The van der Waals surface area contributed by atoms with Gasteiger partial charge in [0.05, 0.1) is 0 Å². The number of aliphatic carboxylic acids is 1. The van der Waals surface area contributed by atoms with Crippen LogP contribution in [0.3, 0.4) is 0 Å². The minimum Gasteiger partial charge on any atom is -0.476 e. The number of hydrogen-bond acceptors (Lipinski definition) is 6. The zero-order valence-electron chi connectivity index (χ0n) is 9.64. The van der Waals surface area contributed by atoms with Gasteiger partial charge < -0.3 is 15.3 Å². The van der Waals surface area contributed by atoms with E-state index in [0.29, 0.717) is 0 Å². The van der Waals surface area contributed by atoms with E-state index in [1.165, 1.54) is 0 Å². The summed E-state index contributed by atoms with van der Waals surface area (Å²) >= 11 is 12.1. The molecule has 0 bridgehead atoms. The largest absolute Gasteiger partial charge is 0.476 e. The third-order valence-corrected chi connectivity index (χ3v) is 3.08. The maximum atomic E-state index is 11.1. The molecule has 2 N–H and O–H groups in total. The lowest BCUT2D eigenvalue weighted by molar-refractivity contribution is -0.129. The second-order valence-electron chi connectivity index (χ2n) is 2.99. The maximum Gasteiger partial charge on any atom is 0.360 e. The Morgan fingerprint density at radius 2 is 2.26 bits per heavy atom. The highest BCUT2D eigenvalue weighted by Gasteiger charge is 2.22. The number of oxime groups is 1. The Kier molecular flexibility index (Phi) is 6.00. The minimum absolute atomic E-state index is 0.0718. The summed E-state index contributed by atoms with van der Waals surface area (Å²) in [5.74, 6) is -2.06. The van der Waals surface area contributed by atoms with Gasteiger partial charge in [0.25, 0.3) is 0 Å². The van der Waals surface area contributed by atoms with E-state index in [9.17, 15) is 9.59 Å². The highest BCUT2D eigenvalue weighted by Crippen LogP contribution is 2.28. The van der Waals surface area contributed by atoms with E-state index in [-0.39, 0.29) is 27.6 Å². The van der Waals surface area contributed by atoms with Gasteiger partial charge in [-0.3, -0.25) is 4.79 Å². The Bertz CT molecular complexity index is 518. The van der Waals surface area contributed by atoms with E-state index >= 15 is 0 Å². The van der Waals surface area contributed by atoms with Crippen molar-refractivity contribution in [3.05, 3.63) is 10.0 Å². The predicted molar refractivity (Wildman–Crippen MR) is 72.3 cm³/mol. The van der Waals surface area contributed by atoms with Crippen LogP contribution in [0.15, 0.2) is 5.16 Å². The molecule has 0 radical (unpaired) electrons. The Morgan fingerprint density at radius 3 is 2.79 bits per heavy atom. The van der Waals surface area contributed by atoms with Crippen molar-refractivity contribution in [1.29, 1.82) is 0 Å². The Balaban J connectivity index is 3.05. The van der Waals surface area contributed by atoms with Gasteiger partial charge in [-0.2, -0.15) is 0 Å². The first-order chi connectivity index (χ1) is 8.99. The molecule has 1 amide bonds. The summed E-state index contributed by atoms with van der Waals surface area (Å²) in [4.78, 5) is 30.7. The first-order valence-electron chi connectivity index (χ1n) is 4.95. The van der Waals surface area contributed by atoms with E-state index in [2.05, 4.69) is 20.3 Å². The molecule has 0 saturated heterocycles. The second kappa shape index (κ2) is 7.27. The smallest absolute Gasteiger partial charge is 0.360 e. The molecule has 1 aromatic rings. The number of hydrogen-bond donors (Lipinski definition) is 2. The molecule has 0 saturated carbocycles. The molecule has 0 spiro atoms. The van der Waals surface area contributed by atoms with Gasteiger partial charge in [-0.15, -0.1) is 11.6 Å². The Morgan fingerprint density at radius 1 is 1.58 bits per heavy atom. The summed E-state index contributed by atoms with van der Waals surface area (Å²) in [5.41, 5.74) is -0.507. The summed E-state index contributed by atoms with van der Waals surface area (Å²) in [5, 5.41) is 14.9. The number of aromatic nitrogens is 1. The number of carbonyl (C=O) groups is 2. The highest BCUT2D eigenvalue weighted by molar-refractivity contribution is 7.20. The van der Waals surface area contributed by atoms with Crippen LogP contribution in [0.1, 0.15) is 12.6 Å². The van der Waals surface area contributed by atoms with Crippen LogP contribution in [0, 0.1) is 0 Å². The van der Waals surface area contributed by atoms with E-state index in [0.717, 1.165) is 11.3 Å². The van der Waals surface area contributed by atoms with Gasteiger partial charge in [-0.05, 0) is 6.92 Å². The number of carboxylic acids is 1. The average Bonchev–Trinajstić information content (AvgIpc) is 2.70. The molecule has 0 aliphatic heterocycles. The average molecular weight is 326 g/mol. The molecule has 10 heteroatoms. The van der Waals surface area contributed by atoms with Crippen molar-refractivity contribution in [3.8, 4) is 0 Å². The standard InChI is InChI=1S/C9H9Cl2N3O4S/c1-2-18-14-6(8(16)17)5-7(11)19-9(13-5)12-4(15)3-10/h2-3H2,1H3,(H,16,17)(H,12,13,15)/b14-6-. The van der Waals surface area contributed by atoms with E-state index < -0.39 is 17.6 Å². The number of thiazole rings is 1. The number of halogens is 2. The number of nitrogens with one attached hydrogen (secondary N) is 1. The number of rotatable bonds is 6. The fraction of sp³-hybridized carbons (Fsp3) is 0.333. The molecule has 0 atom stereocenters. The lowest BCUT2D eigenvalue weighted by Crippen LogP contribution is -2.17. The van der Waals surface area contributed by atoms with Gasteiger partial charge in [0.1, 0.15) is 22.5 Å². The molecule has 7 nitrogen and oxygen atoms in total. The van der Waals surface area contributed by atoms with Crippen molar-refractivity contribution in [2.24, 2.45) is 5.16 Å². The SMILES string of the molecule is CCO/N=C(\C(=O)O)c1nc(NC(=O)CCl)sc1Cl. The third-order valence-electron chi connectivity index (χ3n) is 1.67. The first-order valence-corrected chi connectivity index (χ1v) is 6.68. The molecular formula is C9H9Cl2N3O4S. The van der Waals surface area contributed by atoms with Crippen LogP contribution in [-0.2, 0) is 14.4 Å². The van der Waals surface area contributed by atoms with E-state index in [1.807, 2.05) is 0 Å². The van der Waals surface area contributed by atoms with Crippen molar-refractivity contribution >= 4 is 57.3 Å². The molecule has 0 aliphatic carbocycles. The maximum absolute atomic E-state index is 11.1. The lowest BCUT2D eigenvalue weighted by atomic mass is 10.3. The van der Waals surface area contributed by atoms with Crippen molar-refractivity contribution in [2.45, 2.75) is 6.92 Å². The van der Waals surface area contributed by atoms with Crippen LogP contribution in [-0.4, -0.2) is 40.2 Å². The fourth-order valence-electron chi connectivity index (χ4n) is 0.966. The number of anilines is 1. The molecule has 19 heavy (non-hydrogen) atoms. The normalized spacial score (nSPS) is 11.2. The van der Waals surface area contributed by atoms with Crippen LogP contribution in [0.5, 0.6) is 0 Å². The van der Waals surface area contributed by atoms with Crippen molar-refractivity contribution in [3.63, 3.8) is 0 Å². The Hall–Kier alpha value is -1.38. The molecule has 104 valence electrons. The topological polar surface area (TPSA) is 101 Å². The predicted octanol–water partition coefficient (Wildman–Crippen LogP) is 1.80. The van der Waals surface area contributed by atoms with E-state index in [1.54, 1.807) is 6.92 Å². The Labute approximate surface area is 122 Å². The fourth-order valence-corrected chi connectivity index (χ4v) is 2.09. The van der Waals surface area contributed by atoms with Gasteiger partial charge >= 0.3 is 5.97 Å². The number of carbonyl (C=O) groups excluding carboxylic acids is 1. The zero-order valence-corrected chi connectivity index (χ0v) is 12.0. The molecule has 0 unspecified atom stereocenters. The van der Waals surface area contributed by atoms with Gasteiger partial charge in [0.15, 0.2) is 5.13 Å². The van der Waals surface area contributed by atoms with Gasteiger partial charge in [0, 0.05) is 0 Å². The minimum atomic E-state index is -1.34. The van der Waals surface area contributed by atoms with E-state index in [4.69, 9.17) is 28.3 Å². The van der Waals surface area contributed by atoms with Crippen LogP contribution >= 0.6 is 34.5 Å². The molecule has 0 fully saturated rings. The summed E-state index contributed by atoms with van der Waals surface area (Å²) in [7, 11) is 0. The molecule has 0 aliphatic rings. The number of nitrogens with zero attached hydrogens (tertiary/aromatic N) is 2. The number of alkyl halides is 1. The molecule has 0 aromatic carbocycles. The lowest BCUT2D eigenvalue weighted by Gasteiger charge is -1.98. The van der Waals surface area contributed by atoms with Gasteiger partial charge in [-0.1, -0.05) is 28.1 Å². The quantitative estimate of drug-likeness (QED) is 0.471. The highest BCUT2D eigenvalue weighted by atomic mass is 35.5. The monoisotopic (exact) mass is 325 g/mol. The van der Waals surface area contributed by atoms with Gasteiger partial charge in [0.2, 0.25) is 11.6 Å². The van der Waals surface area contributed by atoms with Crippen LogP contribution < -0.4 is 5.32 Å². The van der Waals surface area contributed by atoms with Crippen molar-refractivity contribution in [1.82, 2.24) is 4.98 Å².